The van der Waals surface area contributed by atoms with Crippen LogP contribution in [0.5, 0.6) is 46.0 Å². The van der Waals surface area contributed by atoms with Crippen molar-refractivity contribution in [2.75, 3.05) is 52.9 Å². The second kappa shape index (κ2) is 22.6. The summed E-state index contributed by atoms with van der Waals surface area (Å²) < 4.78 is 47.7. The van der Waals surface area contributed by atoms with E-state index in [1.165, 1.54) is 6.07 Å². The number of hydrogen-bond acceptors (Lipinski definition) is 11. The van der Waals surface area contributed by atoms with Gasteiger partial charge in [-0.05, 0) is 64.9 Å². The van der Waals surface area contributed by atoms with Gasteiger partial charge in [0.2, 0.25) is 0 Å². The van der Waals surface area contributed by atoms with E-state index in [1.807, 2.05) is 84.9 Å². The Hall–Kier alpha value is -4.95. The molecule has 0 radical (unpaired) electrons. The van der Waals surface area contributed by atoms with Gasteiger partial charge in [-0.3, -0.25) is 0 Å². The normalized spacial score (nSPS) is 10.5. The van der Waals surface area contributed by atoms with Gasteiger partial charge in [0.15, 0.2) is 46.0 Å². The van der Waals surface area contributed by atoms with Crippen LogP contribution in [-0.4, -0.2) is 63.9 Å². The molecule has 0 amide bonds. The number of carbonyl (C=O) groups is 1. The van der Waals surface area contributed by atoms with Gasteiger partial charge < -0.3 is 52.9 Å². The molecular weight excluding hydrogens is 744 g/mol. The van der Waals surface area contributed by atoms with Crippen LogP contribution in [0.4, 0.5) is 0 Å². The number of aliphatic hydroxyl groups excluding tert-OH is 1. The van der Waals surface area contributed by atoms with Gasteiger partial charge in [-0.25, -0.2) is 0 Å². The van der Waals surface area contributed by atoms with Crippen molar-refractivity contribution in [1.29, 1.82) is 0 Å². The number of benzene rings is 6. The molecule has 0 spiro atoms. The van der Waals surface area contributed by atoms with Crippen molar-refractivity contribution in [1.82, 2.24) is 0 Å². The van der Waals surface area contributed by atoms with Crippen LogP contribution in [-0.2, 0) is 6.61 Å². The van der Waals surface area contributed by atoms with Crippen molar-refractivity contribution in [3.63, 3.8) is 0 Å². The van der Waals surface area contributed by atoms with E-state index in [4.69, 9.17) is 43.0 Å². The van der Waals surface area contributed by atoms with Crippen LogP contribution >= 0.6 is 0 Å². The molecular formula is C44H41KO11. The zero-order valence-electron chi connectivity index (χ0n) is 31.1. The summed E-state index contributed by atoms with van der Waals surface area (Å²) in [6.45, 7) is 1.56. The summed E-state index contributed by atoms with van der Waals surface area (Å²) in [6, 6.07) is 40.2. The largest absolute Gasteiger partial charge is 1.00 e. The number of aromatic carboxylic acids is 1. The number of aliphatic hydroxyl groups is 1. The molecule has 0 saturated heterocycles. The maximum absolute atomic E-state index is 11.5. The van der Waals surface area contributed by atoms with Crippen molar-refractivity contribution >= 4 is 16.7 Å². The molecule has 0 heterocycles. The van der Waals surface area contributed by atoms with Gasteiger partial charge in [-0.1, -0.05) is 84.9 Å². The second-order valence-electron chi connectivity index (χ2n) is 11.9. The third kappa shape index (κ3) is 12.3. The van der Waals surface area contributed by atoms with E-state index in [2.05, 4.69) is 0 Å². The predicted octanol–water partition coefficient (Wildman–Crippen LogP) is 3.53. The fraction of sp³-hybridized carbons (Fsp3) is 0.205. The number of hydrogen-bond donors (Lipinski definition) is 1. The summed E-state index contributed by atoms with van der Waals surface area (Å²) >= 11 is 0. The van der Waals surface area contributed by atoms with Crippen molar-refractivity contribution < 1.29 is 104 Å². The number of rotatable bonds is 22. The Labute approximate surface area is 368 Å². The summed E-state index contributed by atoms with van der Waals surface area (Å²) in [7, 11) is 0. The van der Waals surface area contributed by atoms with Crippen LogP contribution in [0.1, 0.15) is 15.9 Å². The first kappa shape index (κ1) is 42.2. The minimum Gasteiger partial charge on any atom is -0.545 e. The van der Waals surface area contributed by atoms with E-state index in [-0.39, 0.29) is 116 Å². The minimum absolute atomic E-state index is 0. The maximum Gasteiger partial charge on any atom is 1.00 e. The molecule has 12 heteroatoms. The van der Waals surface area contributed by atoms with Gasteiger partial charge in [-0.15, -0.1) is 0 Å². The second-order valence-corrected chi connectivity index (χ2v) is 11.9. The quantitative estimate of drug-likeness (QED) is 0.0801. The number of fused-ring (bicyclic) bond motifs is 1. The van der Waals surface area contributed by atoms with Crippen LogP contribution < -0.4 is 94.4 Å². The minimum atomic E-state index is -1.26. The molecule has 0 aliphatic rings. The van der Waals surface area contributed by atoms with Crippen LogP contribution in [0.25, 0.3) is 10.8 Å². The molecule has 0 fully saturated rings. The molecule has 0 aliphatic heterocycles. The summed E-state index contributed by atoms with van der Waals surface area (Å²) in [4.78, 5) is 11.5. The zero-order valence-corrected chi connectivity index (χ0v) is 34.2. The summed E-state index contributed by atoms with van der Waals surface area (Å²) in [5, 5.41) is 22.6. The van der Waals surface area contributed by atoms with Crippen molar-refractivity contribution in [2.45, 2.75) is 6.61 Å². The average molecular weight is 785 g/mol. The van der Waals surface area contributed by atoms with Gasteiger partial charge in [0.1, 0.15) is 52.9 Å². The van der Waals surface area contributed by atoms with Crippen LogP contribution in [0.2, 0.25) is 0 Å². The van der Waals surface area contributed by atoms with Gasteiger partial charge in [0.25, 0.3) is 0 Å². The molecule has 0 bridgehead atoms. The number of carbonyl (C=O) groups excluding carboxylic acids is 1. The summed E-state index contributed by atoms with van der Waals surface area (Å²) in [6.07, 6.45) is 0. The smallest absolute Gasteiger partial charge is 0.545 e. The molecule has 1 N–H and O–H groups in total. The topological polar surface area (TPSA) is 134 Å². The van der Waals surface area contributed by atoms with Gasteiger partial charge in [0, 0.05) is 5.56 Å². The third-order valence-electron chi connectivity index (χ3n) is 8.12. The maximum atomic E-state index is 11.5. The summed E-state index contributed by atoms with van der Waals surface area (Å²) in [5.41, 5.74) is 0.580. The first-order valence-electron chi connectivity index (χ1n) is 17.8. The standard InChI is InChI=1S/C44H42O11.K/c45-21-22-48-36-15-5-6-16-37(36)50-25-27-53-42-29-32-11-1-2-12-33(32)30-43(42)54-28-26-51-39-18-8-7-17-38(39)49-23-24-52-40-19-9-10-20-41(40)55-31-34-13-3-4-14-35(34)44(46)47;/h1-20,29-30,45H,21-28,31H2,(H,46,47);/q;+1/p-1. The Kier molecular flexibility index (Phi) is 17.0. The number of ether oxygens (including phenoxy) is 8. The molecule has 6 aromatic carbocycles. The molecule has 0 aliphatic carbocycles. The van der Waals surface area contributed by atoms with Crippen molar-refractivity contribution in [3.8, 4) is 46.0 Å². The van der Waals surface area contributed by atoms with E-state index < -0.39 is 5.97 Å². The molecule has 6 aromatic rings. The molecule has 0 atom stereocenters. The Bertz CT molecular complexity index is 2140. The third-order valence-corrected chi connectivity index (χ3v) is 8.12. The Morgan fingerprint density at radius 3 is 1.14 bits per heavy atom. The van der Waals surface area contributed by atoms with E-state index in [1.54, 1.807) is 42.5 Å². The zero-order chi connectivity index (χ0) is 38.1. The van der Waals surface area contributed by atoms with Gasteiger partial charge in [-0.2, -0.15) is 0 Å². The number of carboxylic acids is 1. The Morgan fingerprint density at radius 2 is 0.750 bits per heavy atom. The van der Waals surface area contributed by atoms with E-state index >= 15 is 0 Å². The Morgan fingerprint density at radius 1 is 0.429 bits per heavy atom. The summed E-state index contributed by atoms with van der Waals surface area (Å²) in [5.74, 6) is 3.07. The SMILES string of the molecule is O=C([O-])c1ccccc1COc1ccccc1OCCOc1ccccc1OCCOc1cc2ccccc2cc1OCCOc1ccccc1OCCO.[K+]. The van der Waals surface area contributed by atoms with Crippen LogP contribution in [0.15, 0.2) is 133 Å². The molecule has 284 valence electrons. The van der Waals surface area contributed by atoms with E-state index in [0.29, 0.717) is 51.6 Å². The van der Waals surface area contributed by atoms with E-state index in [9.17, 15) is 9.90 Å². The number of para-hydroxylation sites is 6. The molecule has 11 nitrogen and oxygen atoms in total. The Balaban J connectivity index is 0.00000600. The molecule has 0 aromatic heterocycles. The van der Waals surface area contributed by atoms with Crippen molar-refractivity contribution in [2.24, 2.45) is 0 Å². The fourth-order valence-corrected chi connectivity index (χ4v) is 5.56. The van der Waals surface area contributed by atoms with Crippen molar-refractivity contribution in [3.05, 3.63) is 145 Å². The van der Waals surface area contributed by atoms with Crippen LogP contribution in [0.3, 0.4) is 0 Å². The predicted molar refractivity (Wildman–Crippen MR) is 204 cm³/mol. The van der Waals surface area contributed by atoms with Crippen LogP contribution in [0, 0.1) is 0 Å². The number of carboxylic acid groups (broad SMARTS) is 1. The first-order valence-corrected chi connectivity index (χ1v) is 17.8. The average Bonchev–Trinajstić information content (AvgIpc) is 3.22. The van der Waals surface area contributed by atoms with E-state index in [0.717, 1.165) is 10.8 Å². The van der Waals surface area contributed by atoms with Gasteiger partial charge >= 0.3 is 51.4 Å². The first-order chi connectivity index (χ1) is 27.1. The molecule has 6 rings (SSSR count). The van der Waals surface area contributed by atoms with Gasteiger partial charge in [0.05, 0.1) is 12.6 Å². The molecule has 0 saturated carbocycles. The fourth-order valence-electron chi connectivity index (χ4n) is 5.56. The molecule has 0 unspecified atom stereocenters. The molecule has 56 heavy (non-hydrogen) atoms. The monoisotopic (exact) mass is 784 g/mol.